The first-order valence-electron chi connectivity index (χ1n) is 10.8. The summed E-state index contributed by atoms with van der Waals surface area (Å²) < 4.78 is 46.6. The van der Waals surface area contributed by atoms with Crippen LogP contribution < -0.4 is 10.1 Å². The molecule has 3 aromatic carbocycles. The smallest absolute Gasteiger partial charge is 0.410 e. The lowest BCUT2D eigenvalue weighted by atomic mass is 10.0. The summed E-state index contributed by atoms with van der Waals surface area (Å²) in [6.07, 6.45) is 1.92. The number of piperidine rings is 1. The van der Waals surface area contributed by atoms with Crippen LogP contribution in [0.15, 0.2) is 71.6 Å². The van der Waals surface area contributed by atoms with E-state index in [0.29, 0.717) is 29.9 Å². The minimum atomic E-state index is -3.56. The average molecular weight is 480 g/mol. The topological polar surface area (TPSA) is 99.5 Å². The fraction of sp³-hybridized carbons (Fsp3) is 0.200. The second kappa shape index (κ2) is 10.0. The number of hydrogen-bond acceptors (Lipinski definition) is 5. The maximum absolute atomic E-state index is 14.3. The maximum Gasteiger partial charge on any atom is 0.417 e. The molecule has 0 atom stereocenters. The molecule has 0 aromatic heterocycles. The molecule has 1 amide bonds. The Morgan fingerprint density at radius 3 is 2.29 bits per heavy atom. The van der Waals surface area contributed by atoms with E-state index >= 15 is 0 Å². The van der Waals surface area contributed by atoms with Crippen molar-refractivity contribution in [3.05, 3.63) is 78.1 Å². The molecule has 0 unspecified atom stereocenters. The first kappa shape index (κ1) is 23.4. The van der Waals surface area contributed by atoms with E-state index in [-0.39, 0.29) is 16.2 Å². The number of amides is 1. The number of sulfonamides is 1. The van der Waals surface area contributed by atoms with E-state index in [1.54, 1.807) is 24.3 Å². The Morgan fingerprint density at radius 2 is 1.65 bits per heavy atom. The summed E-state index contributed by atoms with van der Waals surface area (Å²) in [5.74, 6) is -0.370. The summed E-state index contributed by atoms with van der Waals surface area (Å²) >= 11 is 0. The third-order valence-corrected chi connectivity index (χ3v) is 7.44. The lowest BCUT2D eigenvalue weighted by Gasteiger charge is -2.25. The molecule has 0 aliphatic carbocycles. The number of benzene rings is 3. The number of nitrogens with zero attached hydrogens (tertiary/aromatic N) is 2. The SMILES string of the molecule is N#Cc1ccc(-c2cc(OC(=O)Nc3ccc(S(=O)(=O)N4CCCCC4)cc3)ccc2F)cc1. The molecule has 1 aliphatic rings. The molecule has 34 heavy (non-hydrogen) atoms. The molecule has 1 fully saturated rings. The monoisotopic (exact) mass is 479 g/mol. The van der Waals surface area contributed by atoms with Crippen LogP contribution in [0.25, 0.3) is 11.1 Å². The number of anilines is 1. The van der Waals surface area contributed by atoms with Crippen molar-refractivity contribution in [1.82, 2.24) is 4.31 Å². The van der Waals surface area contributed by atoms with E-state index in [4.69, 9.17) is 10.00 Å². The summed E-state index contributed by atoms with van der Waals surface area (Å²) in [6.45, 7) is 1.02. The van der Waals surface area contributed by atoms with Crippen molar-refractivity contribution in [3.8, 4) is 22.9 Å². The van der Waals surface area contributed by atoms with Crippen LogP contribution in [-0.4, -0.2) is 31.9 Å². The third kappa shape index (κ3) is 5.25. The number of ether oxygens (including phenoxy) is 1. The number of halogens is 1. The Labute approximate surface area is 197 Å². The molecule has 9 heteroatoms. The molecule has 1 aliphatic heterocycles. The first-order valence-corrected chi connectivity index (χ1v) is 12.2. The highest BCUT2D eigenvalue weighted by Gasteiger charge is 2.25. The molecule has 1 N–H and O–H groups in total. The van der Waals surface area contributed by atoms with Crippen molar-refractivity contribution < 1.29 is 22.3 Å². The van der Waals surface area contributed by atoms with Crippen molar-refractivity contribution >= 4 is 21.8 Å². The molecule has 4 rings (SSSR count). The summed E-state index contributed by atoms with van der Waals surface area (Å²) in [6, 6.07) is 18.2. The van der Waals surface area contributed by atoms with Gasteiger partial charge in [0.25, 0.3) is 0 Å². The molecule has 0 saturated carbocycles. The quantitative estimate of drug-likeness (QED) is 0.546. The van der Waals surface area contributed by atoms with Gasteiger partial charge in [-0.25, -0.2) is 17.6 Å². The fourth-order valence-corrected chi connectivity index (χ4v) is 5.25. The summed E-state index contributed by atoms with van der Waals surface area (Å²) in [5, 5.41) is 11.5. The van der Waals surface area contributed by atoms with Crippen LogP contribution >= 0.6 is 0 Å². The van der Waals surface area contributed by atoms with Gasteiger partial charge < -0.3 is 4.74 Å². The van der Waals surface area contributed by atoms with Crippen LogP contribution in [0.1, 0.15) is 24.8 Å². The molecular weight excluding hydrogens is 457 g/mol. The van der Waals surface area contributed by atoms with Gasteiger partial charge >= 0.3 is 6.09 Å². The second-order valence-corrected chi connectivity index (χ2v) is 9.77. The van der Waals surface area contributed by atoms with Gasteiger partial charge in [0.05, 0.1) is 16.5 Å². The molecule has 3 aromatic rings. The van der Waals surface area contributed by atoms with Crippen molar-refractivity contribution in [3.63, 3.8) is 0 Å². The van der Waals surface area contributed by atoms with Crippen LogP contribution in [0.5, 0.6) is 5.75 Å². The Hall–Kier alpha value is -3.74. The lowest BCUT2D eigenvalue weighted by Crippen LogP contribution is -2.35. The van der Waals surface area contributed by atoms with Crippen LogP contribution in [-0.2, 0) is 10.0 Å². The molecule has 7 nitrogen and oxygen atoms in total. The number of rotatable bonds is 5. The third-order valence-electron chi connectivity index (χ3n) is 5.53. The van der Waals surface area contributed by atoms with Gasteiger partial charge in [-0.15, -0.1) is 0 Å². The van der Waals surface area contributed by atoms with E-state index in [1.165, 1.54) is 46.8 Å². The minimum absolute atomic E-state index is 0.127. The Balaban J connectivity index is 1.43. The largest absolute Gasteiger partial charge is 0.417 e. The normalized spacial score (nSPS) is 14.2. The first-order chi connectivity index (χ1) is 16.4. The van der Waals surface area contributed by atoms with Crippen molar-refractivity contribution in [2.75, 3.05) is 18.4 Å². The molecule has 174 valence electrons. The molecule has 0 bridgehead atoms. The van der Waals surface area contributed by atoms with Crippen molar-refractivity contribution in [1.29, 1.82) is 5.26 Å². The minimum Gasteiger partial charge on any atom is -0.410 e. The molecular formula is C25H22FN3O4S. The van der Waals surface area contributed by atoms with Gasteiger partial charge in [0.15, 0.2) is 0 Å². The molecule has 0 spiro atoms. The summed E-state index contributed by atoms with van der Waals surface area (Å²) in [7, 11) is -3.56. The summed E-state index contributed by atoms with van der Waals surface area (Å²) in [5.41, 5.74) is 1.57. The predicted molar refractivity (Wildman–Crippen MR) is 125 cm³/mol. The Bertz CT molecular complexity index is 1330. The zero-order valence-electron chi connectivity index (χ0n) is 18.2. The summed E-state index contributed by atoms with van der Waals surface area (Å²) in [4.78, 5) is 12.5. The highest BCUT2D eigenvalue weighted by atomic mass is 32.2. The van der Waals surface area contributed by atoms with Crippen LogP contribution in [0.4, 0.5) is 14.9 Å². The molecule has 0 radical (unpaired) electrons. The van der Waals surface area contributed by atoms with Gasteiger partial charge in [-0.2, -0.15) is 9.57 Å². The van der Waals surface area contributed by atoms with Gasteiger partial charge in [-0.05, 0) is 73.0 Å². The van der Waals surface area contributed by atoms with Gasteiger partial charge in [0.2, 0.25) is 10.0 Å². The fourth-order valence-electron chi connectivity index (χ4n) is 3.73. The van der Waals surface area contributed by atoms with E-state index in [2.05, 4.69) is 5.32 Å². The Kier molecular flexibility index (Phi) is 6.91. The van der Waals surface area contributed by atoms with Crippen molar-refractivity contribution in [2.24, 2.45) is 0 Å². The van der Waals surface area contributed by atoms with Crippen LogP contribution in [0.2, 0.25) is 0 Å². The zero-order valence-corrected chi connectivity index (χ0v) is 19.0. The van der Waals surface area contributed by atoms with Gasteiger partial charge in [-0.3, -0.25) is 5.32 Å². The standard InChI is InChI=1S/C25H22FN3O4S/c26-24-13-10-21(16-23(24)19-6-4-18(17-27)5-7-19)33-25(30)28-20-8-11-22(12-9-20)34(31,32)29-14-2-1-3-15-29/h4-13,16H,1-3,14-15H2,(H,28,30). The van der Waals surface area contributed by atoms with E-state index in [1.807, 2.05) is 6.07 Å². The number of nitrogens with one attached hydrogen (secondary N) is 1. The maximum atomic E-state index is 14.3. The number of carbonyl (C=O) groups excluding carboxylic acids is 1. The predicted octanol–water partition coefficient (Wildman–Crippen LogP) is 5.15. The molecule has 1 heterocycles. The van der Waals surface area contributed by atoms with Gasteiger partial charge in [-0.1, -0.05) is 18.6 Å². The molecule has 1 saturated heterocycles. The Morgan fingerprint density at radius 1 is 0.971 bits per heavy atom. The van der Waals surface area contributed by atoms with Crippen molar-refractivity contribution in [2.45, 2.75) is 24.2 Å². The highest BCUT2D eigenvalue weighted by molar-refractivity contribution is 7.89. The van der Waals surface area contributed by atoms with E-state index in [0.717, 1.165) is 19.3 Å². The van der Waals surface area contributed by atoms with Crippen LogP contribution in [0.3, 0.4) is 0 Å². The zero-order chi connectivity index (χ0) is 24.1. The number of nitriles is 1. The van der Waals surface area contributed by atoms with E-state index in [9.17, 15) is 17.6 Å². The van der Waals surface area contributed by atoms with Crippen LogP contribution in [0, 0.1) is 17.1 Å². The lowest BCUT2D eigenvalue weighted by molar-refractivity contribution is 0.215. The number of hydrogen-bond donors (Lipinski definition) is 1. The highest BCUT2D eigenvalue weighted by Crippen LogP contribution is 2.28. The van der Waals surface area contributed by atoms with E-state index < -0.39 is 21.9 Å². The van der Waals surface area contributed by atoms with Gasteiger partial charge in [0, 0.05) is 24.3 Å². The van der Waals surface area contributed by atoms with Gasteiger partial charge in [0.1, 0.15) is 11.6 Å². The second-order valence-electron chi connectivity index (χ2n) is 7.83. The average Bonchev–Trinajstić information content (AvgIpc) is 2.86. The number of carbonyl (C=O) groups is 1.